The summed E-state index contributed by atoms with van der Waals surface area (Å²) in [6.45, 7) is 15.7. The molecule has 0 fully saturated rings. The van der Waals surface area contributed by atoms with Crippen LogP contribution in [-0.4, -0.2) is 0 Å². The lowest BCUT2D eigenvalue weighted by molar-refractivity contribution is 0.446. The minimum atomic E-state index is -0.640. The molecular formula is C82H58O2. The zero-order chi connectivity index (χ0) is 56.2. The summed E-state index contributed by atoms with van der Waals surface area (Å²) in [6, 6.07) is 81.5. The number of hydrogen-bond acceptors (Lipinski definition) is 2. The molecule has 398 valence electrons. The SMILES string of the molecule is Cc1cc2ccc3c(c2cc1C)Oc1c(ccc2cc(C)c(C)cc12)C31c2ccccc2-c2cc3c(Cc4ccc5ccc6c(c5c4C)Oc4c(ccc5ccc(C)c(C)c45)C64c5ccccc5-c5cc6ccccc6cc54)cccc3cc21. The Morgan fingerprint density at radius 2 is 0.702 bits per heavy atom. The van der Waals surface area contributed by atoms with Gasteiger partial charge in [-0.3, -0.25) is 0 Å². The van der Waals surface area contributed by atoms with Crippen molar-refractivity contribution in [3.63, 3.8) is 0 Å². The van der Waals surface area contributed by atoms with Crippen LogP contribution in [-0.2, 0) is 17.3 Å². The molecule has 0 aromatic heterocycles. The number of fused-ring (bicyclic) bond motifs is 28. The molecule has 1 atom stereocenters. The zero-order valence-corrected chi connectivity index (χ0v) is 48.2. The minimum absolute atomic E-state index is 0.634. The molecule has 2 heterocycles. The Balaban J connectivity index is 0.858. The van der Waals surface area contributed by atoms with Gasteiger partial charge in [0.05, 0.1) is 10.8 Å². The number of ether oxygens (including phenoxy) is 2. The smallest absolute Gasteiger partial charge is 0.140 e. The number of aryl methyl sites for hydroxylation is 7. The molecule has 14 aromatic carbocycles. The summed E-state index contributed by atoms with van der Waals surface area (Å²) < 4.78 is 15.2. The van der Waals surface area contributed by atoms with Crippen molar-refractivity contribution in [1.29, 1.82) is 0 Å². The monoisotopic (exact) mass is 1070 g/mol. The Morgan fingerprint density at radius 1 is 0.262 bits per heavy atom. The van der Waals surface area contributed by atoms with Crippen molar-refractivity contribution in [1.82, 2.24) is 0 Å². The van der Waals surface area contributed by atoms with Crippen LogP contribution < -0.4 is 9.47 Å². The fourth-order valence-electron chi connectivity index (χ4n) is 16.3. The van der Waals surface area contributed by atoms with E-state index < -0.39 is 10.8 Å². The fourth-order valence-corrected chi connectivity index (χ4v) is 16.3. The van der Waals surface area contributed by atoms with Crippen molar-refractivity contribution in [2.24, 2.45) is 0 Å². The summed E-state index contributed by atoms with van der Waals surface area (Å²) in [6.07, 6.45) is 0.754. The number of hydrogen-bond donors (Lipinski definition) is 0. The van der Waals surface area contributed by atoms with Gasteiger partial charge in [0.1, 0.15) is 23.0 Å². The van der Waals surface area contributed by atoms with E-state index in [0.717, 1.165) is 40.2 Å². The lowest BCUT2D eigenvalue weighted by Gasteiger charge is -2.41. The predicted octanol–water partition coefficient (Wildman–Crippen LogP) is 21.3. The van der Waals surface area contributed by atoms with Gasteiger partial charge < -0.3 is 9.47 Å². The van der Waals surface area contributed by atoms with Gasteiger partial charge in [-0.2, -0.15) is 0 Å². The Morgan fingerprint density at radius 3 is 1.31 bits per heavy atom. The van der Waals surface area contributed by atoms with Crippen LogP contribution in [0.25, 0.3) is 86.9 Å². The summed E-state index contributed by atoms with van der Waals surface area (Å²) in [7, 11) is 0. The first-order chi connectivity index (χ1) is 41.0. The van der Waals surface area contributed by atoms with E-state index in [9.17, 15) is 0 Å². The van der Waals surface area contributed by atoms with Gasteiger partial charge in [-0.1, -0.05) is 176 Å². The maximum absolute atomic E-state index is 7.75. The summed E-state index contributed by atoms with van der Waals surface area (Å²) in [5, 5.41) is 14.4. The average Bonchev–Trinajstić information content (AvgIpc) is 1.50. The molecule has 2 nitrogen and oxygen atoms in total. The van der Waals surface area contributed by atoms with Crippen LogP contribution in [0, 0.1) is 48.5 Å². The molecule has 84 heavy (non-hydrogen) atoms. The molecule has 2 aliphatic heterocycles. The van der Waals surface area contributed by atoms with E-state index in [2.05, 4.69) is 261 Å². The van der Waals surface area contributed by atoms with Gasteiger partial charge in [-0.15, -0.1) is 0 Å². The van der Waals surface area contributed by atoms with Crippen molar-refractivity contribution in [3.05, 3.63) is 307 Å². The molecule has 1 unspecified atom stereocenters. The van der Waals surface area contributed by atoms with Crippen LogP contribution in [0.4, 0.5) is 0 Å². The van der Waals surface area contributed by atoms with E-state index in [0.29, 0.717) is 0 Å². The van der Waals surface area contributed by atoms with Gasteiger partial charge >= 0.3 is 0 Å². The topological polar surface area (TPSA) is 18.5 Å². The first kappa shape index (κ1) is 47.8. The Hall–Kier alpha value is -9.76. The third-order valence-corrected chi connectivity index (χ3v) is 20.8. The molecular weight excluding hydrogens is 1020 g/mol. The molecule has 0 bridgehead atoms. The molecule has 14 aromatic rings. The second-order valence-electron chi connectivity index (χ2n) is 24.9. The lowest BCUT2D eigenvalue weighted by atomic mass is 9.65. The van der Waals surface area contributed by atoms with Crippen LogP contribution in [0.3, 0.4) is 0 Å². The van der Waals surface area contributed by atoms with Gasteiger partial charge in [-0.05, 0) is 229 Å². The summed E-state index contributed by atoms with van der Waals surface area (Å²) >= 11 is 0. The lowest BCUT2D eigenvalue weighted by Crippen LogP contribution is -2.32. The van der Waals surface area contributed by atoms with Crippen molar-refractivity contribution < 1.29 is 9.47 Å². The standard InChI is InChI=1S/C82H58O2/c1-44-23-24-51-27-31-71-79(75(51)49(44)6)84-80-72(82(71)67-21-12-10-19-60(67)65-40-54-15-8-9-16-55(54)41-73(65)82)32-28-52-25-26-53(50(7)76(52)80)39-56-17-14-18-57-42-74-66(43-62(56)57)61-20-11-13-22-68(61)81(74)69-33-29-58-35-45(2)47(4)37-63(58)77(69)83-78-64-38-48(5)46(3)36-59(64)30-34-70(78)81/h8-38,40-43H,39H2,1-7H3. The Labute approximate surface area is 489 Å². The Bertz CT molecular complexity index is 5280. The molecule has 2 aliphatic carbocycles. The van der Waals surface area contributed by atoms with Gasteiger partial charge in [0.15, 0.2) is 0 Å². The van der Waals surface area contributed by atoms with Crippen molar-refractivity contribution in [2.45, 2.75) is 65.7 Å². The molecule has 4 aliphatic rings. The molecule has 0 radical (unpaired) electrons. The maximum atomic E-state index is 7.75. The average molecular weight is 1080 g/mol. The van der Waals surface area contributed by atoms with E-state index in [1.807, 2.05) is 0 Å². The molecule has 0 N–H and O–H groups in total. The quantitative estimate of drug-likeness (QED) is 0.172. The van der Waals surface area contributed by atoms with Crippen molar-refractivity contribution in [3.8, 4) is 45.3 Å². The molecule has 0 amide bonds. The number of rotatable bonds is 2. The second kappa shape index (κ2) is 16.7. The van der Waals surface area contributed by atoms with E-state index in [4.69, 9.17) is 9.47 Å². The molecule has 2 heteroatoms. The van der Waals surface area contributed by atoms with E-state index in [1.54, 1.807) is 0 Å². The highest BCUT2D eigenvalue weighted by Crippen LogP contribution is 2.67. The summed E-state index contributed by atoms with van der Waals surface area (Å²) in [5.74, 6) is 3.81. The molecule has 0 saturated carbocycles. The van der Waals surface area contributed by atoms with Crippen molar-refractivity contribution in [2.75, 3.05) is 0 Å². The molecule has 0 saturated heterocycles. The van der Waals surface area contributed by atoms with Crippen LogP contribution >= 0.6 is 0 Å². The first-order valence-electron chi connectivity index (χ1n) is 29.8. The van der Waals surface area contributed by atoms with Crippen molar-refractivity contribution >= 4 is 64.6 Å². The van der Waals surface area contributed by atoms with Gasteiger partial charge in [0, 0.05) is 43.8 Å². The third-order valence-electron chi connectivity index (χ3n) is 20.8. The van der Waals surface area contributed by atoms with E-state index in [-0.39, 0.29) is 0 Å². The van der Waals surface area contributed by atoms with E-state index in [1.165, 1.54) is 171 Å². The van der Waals surface area contributed by atoms with Gasteiger partial charge in [0.25, 0.3) is 0 Å². The first-order valence-corrected chi connectivity index (χ1v) is 29.8. The Kier molecular flexibility index (Phi) is 9.52. The van der Waals surface area contributed by atoms with Crippen LogP contribution in [0.15, 0.2) is 212 Å². The third kappa shape index (κ3) is 6.00. The predicted molar refractivity (Wildman–Crippen MR) is 349 cm³/mol. The largest absolute Gasteiger partial charge is 0.455 e. The van der Waals surface area contributed by atoms with Gasteiger partial charge in [0.2, 0.25) is 0 Å². The zero-order valence-electron chi connectivity index (χ0n) is 48.2. The highest BCUT2D eigenvalue weighted by Gasteiger charge is 2.54. The molecule has 2 spiro atoms. The summed E-state index contributed by atoms with van der Waals surface area (Å²) in [5.41, 5.74) is 25.2. The summed E-state index contributed by atoms with van der Waals surface area (Å²) in [4.78, 5) is 0. The highest BCUT2D eigenvalue weighted by atomic mass is 16.5. The second-order valence-corrected chi connectivity index (χ2v) is 24.9. The normalized spacial score (nSPS) is 15.5. The van der Waals surface area contributed by atoms with Crippen LogP contribution in [0.1, 0.15) is 94.6 Å². The van der Waals surface area contributed by atoms with Crippen LogP contribution in [0.5, 0.6) is 23.0 Å². The van der Waals surface area contributed by atoms with Gasteiger partial charge in [-0.25, -0.2) is 0 Å². The fraction of sp³-hybridized carbons (Fsp3) is 0.122. The molecule has 18 rings (SSSR count). The van der Waals surface area contributed by atoms with Crippen LogP contribution in [0.2, 0.25) is 0 Å². The highest BCUT2D eigenvalue weighted by molar-refractivity contribution is 6.06. The maximum Gasteiger partial charge on any atom is 0.140 e. The number of benzene rings is 14. The van der Waals surface area contributed by atoms with E-state index >= 15 is 0 Å². The minimum Gasteiger partial charge on any atom is -0.455 e.